The first-order valence-electron chi connectivity index (χ1n) is 9.26. The van der Waals surface area contributed by atoms with Gasteiger partial charge in [-0.05, 0) is 67.2 Å². The Bertz CT molecular complexity index is 845. The summed E-state index contributed by atoms with van der Waals surface area (Å²) in [5.41, 5.74) is 1.11. The van der Waals surface area contributed by atoms with Crippen LogP contribution in [0.4, 0.5) is 0 Å². The van der Waals surface area contributed by atoms with Crippen LogP contribution in [-0.4, -0.2) is 14.9 Å². The minimum Gasteiger partial charge on any atom is -0.494 e. The number of rotatable bonds is 8. The molecule has 0 bridgehead atoms. The van der Waals surface area contributed by atoms with Gasteiger partial charge in [-0.3, -0.25) is 0 Å². The number of ether oxygens (including phenoxy) is 2. The summed E-state index contributed by atoms with van der Waals surface area (Å²) in [5.74, 6) is 2.55. The summed E-state index contributed by atoms with van der Waals surface area (Å²) in [6, 6.07) is 26.2. The molecule has 0 N–H and O–H groups in total. The van der Waals surface area contributed by atoms with E-state index < -0.39 is 8.32 Å². The topological polar surface area (TPSA) is 27.7 Å². The number of benzene rings is 3. The molecule has 0 saturated heterocycles. The zero-order chi connectivity index (χ0) is 19.1. The fraction of sp³-hybridized carbons (Fsp3) is 0.217. The van der Waals surface area contributed by atoms with Crippen molar-refractivity contribution >= 4 is 13.5 Å². The monoisotopic (exact) mass is 378 g/mol. The summed E-state index contributed by atoms with van der Waals surface area (Å²) in [6.07, 6.45) is 0. The molecule has 0 aliphatic rings. The molecule has 3 rings (SSSR count). The van der Waals surface area contributed by atoms with Crippen molar-refractivity contribution in [1.82, 2.24) is 0 Å². The Morgan fingerprint density at radius 3 is 2.15 bits per heavy atom. The Balaban J connectivity index is 1.64. The predicted molar refractivity (Wildman–Crippen MR) is 112 cm³/mol. The van der Waals surface area contributed by atoms with E-state index in [4.69, 9.17) is 13.9 Å². The lowest BCUT2D eigenvalue weighted by Crippen LogP contribution is -2.44. The highest BCUT2D eigenvalue weighted by Gasteiger charge is 2.25. The van der Waals surface area contributed by atoms with Gasteiger partial charge in [0.15, 0.2) is 0 Å². The Labute approximate surface area is 162 Å². The van der Waals surface area contributed by atoms with Gasteiger partial charge in [-0.1, -0.05) is 42.5 Å². The van der Waals surface area contributed by atoms with Crippen LogP contribution in [0.15, 0.2) is 78.9 Å². The van der Waals surface area contributed by atoms with E-state index in [0.717, 1.165) is 22.8 Å². The first kappa shape index (κ1) is 19.2. The fourth-order valence-corrected chi connectivity index (χ4v) is 4.45. The normalized spacial score (nSPS) is 11.2. The van der Waals surface area contributed by atoms with Crippen molar-refractivity contribution < 1.29 is 13.9 Å². The molecule has 0 saturated carbocycles. The predicted octanol–water partition coefficient (Wildman–Crippen LogP) is 5.51. The third-order valence-corrected chi connectivity index (χ3v) is 6.93. The minimum absolute atomic E-state index is 0.568. The van der Waals surface area contributed by atoms with Crippen LogP contribution in [0.2, 0.25) is 13.1 Å². The van der Waals surface area contributed by atoms with E-state index >= 15 is 0 Å². The second kappa shape index (κ2) is 8.89. The van der Waals surface area contributed by atoms with Crippen LogP contribution in [0, 0.1) is 0 Å². The third-order valence-electron chi connectivity index (χ3n) is 4.34. The molecular weight excluding hydrogens is 352 g/mol. The van der Waals surface area contributed by atoms with E-state index in [9.17, 15) is 0 Å². The molecular formula is C23H26O3Si. The SMILES string of the molecule is CCOc1ccc([Si](C)(C)OCc2cccc(Oc3ccccc3)c2)cc1. The van der Waals surface area contributed by atoms with Crippen LogP contribution in [0.5, 0.6) is 17.2 Å². The first-order chi connectivity index (χ1) is 13.1. The molecule has 4 heteroatoms. The Morgan fingerprint density at radius 1 is 0.741 bits per heavy atom. The van der Waals surface area contributed by atoms with E-state index in [2.05, 4.69) is 31.3 Å². The van der Waals surface area contributed by atoms with Crippen LogP contribution in [0.3, 0.4) is 0 Å². The molecule has 0 heterocycles. The molecule has 0 atom stereocenters. The molecule has 0 fully saturated rings. The average Bonchev–Trinajstić information content (AvgIpc) is 2.68. The molecule has 0 spiro atoms. The number of hydrogen-bond acceptors (Lipinski definition) is 3. The maximum Gasteiger partial charge on any atom is 0.218 e. The zero-order valence-electron chi connectivity index (χ0n) is 16.1. The minimum atomic E-state index is -2.00. The summed E-state index contributed by atoms with van der Waals surface area (Å²) >= 11 is 0. The van der Waals surface area contributed by atoms with Gasteiger partial charge < -0.3 is 13.9 Å². The second-order valence-corrected chi connectivity index (χ2v) is 10.7. The van der Waals surface area contributed by atoms with Crippen LogP contribution >= 0.6 is 0 Å². The highest BCUT2D eigenvalue weighted by molar-refractivity contribution is 6.84. The lowest BCUT2D eigenvalue weighted by atomic mass is 10.2. The average molecular weight is 379 g/mol. The van der Waals surface area contributed by atoms with Gasteiger partial charge in [0.05, 0.1) is 13.2 Å². The smallest absolute Gasteiger partial charge is 0.218 e. The van der Waals surface area contributed by atoms with Crippen LogP contribution in [0.1, 0.15) is 12.5 Å². The standard InChI is InChI=1S/C23H26O3Si/c1-4-24-20-13-15-23(16-14-20)27(2,3)25-18-19-9-8-12-22(17-19)26-21-10-6-5-7-11-21/h5-17H,4,18H2,1-3H3. The molecule has 0 aromatic heterocycles. The third kappa shape index (κ3) is 5.45. The highest BCUT2D eigenvalue weighted by Crippen LogP contribution is 2.23. The van der Waals surface area contributed by atoms with Crippen LogP contribution < -0.4 is 14.7 Å². The molecule has 0 aliphatic carbocycles. The van der Waals surface area contributed by atoms with Crippen LogP contribution in [-0.2, 0) is 11.0 Å². The molecule has 0 aliphatic heterocycles. The van der Waals surface area contributed by atoms with Crippen molar-refractivity contribution in [3.05, 3.63) is 84.4 Å². The van der Waals surface area contributed by atoms with Gasteiger partial charge in [-0.15, -0.1) is 0 Å². The Morgan fingerprint density at radius 2 is 1.44 bits per heavy atom. The van der Waals surface area contributed by atoms with Crippen molar-refractivity contribution in [3.8, 4) is 17.2 Å². The van der Waals surface area contributed by atoms with Gasteiger partial charge in [-0.25, -0.2) is 0 Å². The molecule has 140 valence electrons. The summed E-state index contributed by atoms with van der Waals surface area (Å²) in [6.45, 7) is 7.67. The molecule has 3 nitrogen and oxygen atoms in total. The molecule has 0 radical (unpaired) electrons. The molecule has 3 aromatic rings. The van der Waals surface area contributed by atoms with Crippen LogP contribution in [0.25, 0.3) is 0 Å². The van der Waals surface area contributed by atoms with E-state index in [1.54, 1.807) is 0 Å². The number of para-hydroxylation sites is 1. The van der Waals surface area contributed by atoms with Gasteiger partial charge in [-0.2, -0.15) is 0 Å². The van der Waals surface area contributed by atoms with Crippen molar-refractivity contribution in [3.63, 3.8) is 0 Å². The van der Waals surface area contributed by atoms with Gasteiger partial charge in [0.25, 0.3) is 0 Å². The largest absolute Gasteiger partial charge is 0.494 e. The lowest BCUT2D eigenvalue weighted by Gasteiger charge is -2.24. The summed E-state index contributed by atoms with van der Waals surface area (Å²) in [7, 11) is -2.00. The quantitative estimate of drug-likeness (QED) is 0.484. The fourth-order valence-electron chi connectivity index (χ4n) is 2.79. The van der Waals surface area contributed by atoms with Crippen molar-refractivity contribution in [2.24, 2.45) is 0 Å². The van der Waals surface area contributed by atoms with E-state index in [1.807, 2.05) is 67.6 Å². The van der Waals surface area contributed by atoms with Gasteiger partial charge in [0.1, 0.15) is 17.2 Å². The van der Waals surface area contributed by atoms with Gasteiger partial charge in [0, 0.05) is 0 Å². The molecule has 27 heavy (non-hydrogen) atoms. The number of hydrogen-bond donors (Lipinski definition) is 0. The van der Waals surface area contributed by atoms with Crippen molar-refractivity contribution in [1.29, 1.82) is 0 Å². The van der Waals surface area contributed by atoms with Gasteiger partial charge >= 0.3 is 0 Å². The first-order valence-corrected chi connectivity index (χ1v) is 12.2. The molecule has 0 amide bonds. The van der Waals surface area contributed by atoms with E-state index in [-0.39, 0.29) is 0 Å². The summed E-state index contributed by atoms with van der Waals surface area (Å²) in [5, 5.41) is 1.25. The maximum absolute atomic E-state index is 6.35. The van der Waals surface area contributed by atoms with E-state index in [0.29, 0.717) is 13.2 Å². The van der Waals surface area contributed by atoms with Crippen molar-refractivity contribution in [2.45, 2.75) is 26.6 Å². The maximum atomic E-state index is 6.35. The highest BCUT2D eigenvalue weighted by atomic mass is 28.4. The zero-order valence-corrected chi connectivity index (χ0v) is 17.1. The lowest BCUT2D eigenvalue weighted by molar-refractivity contribution is 0.303. The van der Waals surface area contributed by atoms with Gasteiger partial charge in [0.2, 0.25) is 8.32 Å². The van der Waals surface area contributed by atoms with Crippen molar-refractivity contribution in [2.75, 3.05) is 6.61 Å². The Kier molecular flexibility index (Phi) is 6.32. The molecule has 0 unspecified atom stereocenters. The Hall–Kier alpha value is -2.56. The summed E-state index contributed by atoms with van der Waals surface area (Å²) in [4.78, 5) is 0. The molecule has 3 aromatic carbocycles. The second-order valence-electron chi connectivity index (χ2n) is 6.82. The van der Waals surface area contributed by atoms with E-state index in [1.165, 1.54) is 5.19 Å². The summed E-state index contributed by atoms with van der Waals surface area (Å²) < 4.78 is 17.8.